The summed E-state index contributed by atoms with van der Waals surface area (Å²) in [5.74, 6) is 2.58. The van der Waals surface area contributed by atoms with E-state index in [4.69, 9.17) is 24.1 Å². The fourth-order valence-corrected chi connectivity index (χ4v) is 2.63. The van der Waals surface area contributed by atoms with E-state index in [2.05, 4.69) is 0 Å². The Balaban J connectivity index is 0.000000386. The van der Waals surface area contributed by atoms with E-state index in [0.717, 1.165) is 11.1 Å². The molecule has 3 aromatic rings. The van der Waals surface area contributed by atoms with Crippen molar-refractivity contribution in [3.63, 3.8) is 0 Å². The van der Waals surface area contributed by atoms with Crippen molar-refractivity contribution in [1.82, 2.24) is 0 Å². The summed E-state index contributed by atoms with van der Waals surface area (Å²) in [4.78, 5) is 0. The van der Waals surface area contributed by atoms with Gasteiger partial charge in [0.2, 0.25) is 5.75 Å². The average molecular weight is 410 g/mol. The van der Waals surface area contributed by atoms with Crippen LogP contribution in [0.5, 0.6) is 34.5 Å². The van der Waals surface area contributed by atoms with Gasteiger partial charge in [-0.1, -0.05) is 36.4 Å². The minimum absolute atomic E-state index is 0.0968. The Hall–Kier alpha value is -3.80. The Bertz CT molecular complexity index is 942. The smallest absolute Gasteiger partial charge is 0.203 e. The highest BCUT2D eigenvalue weighted by Gasteiger charge is 2.12. The largest absolute Gasteiger partial charge is 0.508 e. The molecule has 6 heteroatoms. The van der Waals surface area contributed by atoms with Crippen LogP contribution in [0, 0.1) is 0 Å². The molecule has 30 heavy (non-hydrogen) atoms. The topological polar surface area (TPSA) is 77.4 Å². The molecule has 0 saturated carbocycles. The quantitative estimate of drug-likeness (QED) is 0.558. The standard InChI is InChI=1S/C18H20O5.C6H6O/c1-20-15-8-7-12(9-14(15)19)5-6-13-10-16(21-2)18(23-4)17(11-13)22-3;7-6-4-2-1-3-5-6/h5-11,19H,1-4H3;1-5,7H/b6-5-;. The maximum Gasteiger partial charge on any atom is 0.203 e. The van der Waals surface area contributed by atoms with E-state index in [1.54, 1.807) is 57.7 Å². The molecule has 0 fully saturated rings. The summed E-state index contributed by atoms with van der Waals surface area (Å²) in [5.41, 5.74) is 1.73. The molecule has 0 aliphatic carbocycles. The third-order valence-corrected chi connectivity index (χ3v) is 4.11. The molecule has 0 heterocycles. The van der Waals surface area contributed by atoms with Crippen molar-refractivity contribution in [2.24, 2.45) is 0 Å². The van der Waals surface area contributed by atoms with Gasteiger partial charge in [-0.2, -0.15) is 0 Å². The number of methoxy groups -OCH3 is 4. The van der Waals surface area contributed by atoms with Crippen LogP contribution in [-0.2, 0) is 0 Å². The SMILES string of the molecule is COc1ccc(/C=C\c2cc(OC)c(OC)c(OC)c2)cc1O.Oc1ccccc1. The molecular formula is C24H26O6. The summed E-state index contributed by atoms with van der Waals surface area (Å²) >= 11 is 0. The van der Waals surface area contributed by atoms with E-state index >= 15 is 0 Å². The monoisotopic (exact) mass is 410 g/mol. The van der Waals surface area contributed by atoms with Gasteiger partial charge in [0, 0.05) is 0 Å². The lowest BCUT2D eigenvalue weighted by atomic mass is 10.1. The predicted octanol–water partition coefficient (Wildman–Crippen LogP) is 4.99. The van der Waals surface area contributed by atoms with Crippen molar-refractivity contribution >= 4 is 12.2 Å². The zero-order valence-electron chi connectivity index (χ0n) is 17.5. The van der Waals surface area contributed by atoms with Crippen LogP contribution in [0.3, 0.4) is 0 Å². The number of rotatable bonds is 6. The molecule has 0 bridgehead atoms. The maximum absolute atomic E-state index is 9.81. The summed E-state index contributed by atoms with van der Waals surface area (Å²) < 4.78 is 21.0. The lowest BCUT2D eigenvalue weighted by molar-refractivity contribution is 0.324. The molecule has 0 atom stereocenters. The number of ether oxygens (including phenoxy) is 4. The first-order chi connectivity index (χ1) is 14.5. The van der Waals surface area contributed by atoms with E-state index in [1.165, 1.54) is 7.11 Å². The van der Waals surface area contributed by atoms with Gasteiger partial charge < -0.3 is 29.2 Å². The third-order valence-electron chi connectivity index (χ3n) is 4.11. The van der Waals surface area contributed by atoms with Crippen molar-refractivity contribution in [2.75, 3.05) is 28.4 Å². The van der Waals surface area contributed by atoms with Gasteiger partial charge in [0.15, 0.2) is 23.0 Å². The van der Waals surface area contributed by atoms with Crippen molar-refractivity contribution < 1.29 is 29.2 Å². The molecule has 0 radical (unpaired) electrons. The molecule has 0 aliphatic rings. The third kappa shape index (κ3) is 6.10. The number of phenolic OH excluding ortho intramolecular Hbond substituents is 2. The highest BCUT2D eigenvalue weighted by atomic mass is 16.5. The summed E-state index contributed by atoms with van der Waals surface area (Å²) in [7, 11) is 6.23. The zero-order valence-corrected chi connectivity index (χ0v) is 17.5. The minimum Gasteiger partial charge on any atom is -0.508 e. The molecule has 3 rings (SSSR count). The second-order valence-electron chi connectivity index (χ2n) is 6.06. The summed E-state index contributed by atoms with van der Waals surface area (Å²) in [6.45, 7) is 0. The zero-order chi connectivity index (χ0) is 21.9. The molecule has 158 valence electrons. The number of hydrogen-bond acceptors (Lipinski definition) is 6. The molecule has 0 saturated heterocycles. The van der Waals surface area contributed by atoms with E-state index in [0.29, 0.717) is 28.7 Å². The number of benzene rings is 3. The fourth-order valence-electron chi connectivity index (χ4n) is 2.63. The normalized spacial score (nSPS) is 10.1. The van der Waals surface area contributed by atoms with Gasteiger partial charge in [0.1, 0.15) is 5.75 Å². The van der Waals surface area contributed by atoms with Crippen LogP contribution in [0.4, 0.5) is 0 Å². The molecule has 0 unspecified atom stereocenters. The molecular weight excluding hydrogens is 384 g/mol. The first-order valence-corrected chi connectivity index (χ1v) is 9.11. The van der Waals surface area contributed by atoms with Crippen molar-refractivity contribution in [1.29, 1.82) is 0 Å². The Morgan fingerprint density at radius 3 is 1.60 bits per heavy atom. The summed E-state index contributed by atoms with van der Waals surface area (Å²) in [6, 6.07) is 17.6. The number of phenols is 2. The molecule has 0 amide bonds. The molecule has 2 N–H and O–H groups in total. The van der Waals surface area contributed by atoms with E-state index < -0.39 is 0 Å². The molecule has 6 nitrogen and oxygen atoms in total. The molecule has 3 aromatic carbocycles. The Morgan fingerprint density at radius 2 is 1.17 bits per heavy atom. The Morgan fingerprint density at radius 1 is 0.600 bits per heavy atom. The first kappa shape index (κ1) is 22.5. The van der Waals surface area contributed by atoms with Crippen LogP contribution in [0.15, 0.2) is 60.7 Å². The summed E-state index contributed by atoms with van der Waals surface area (Å²) in [5, 5.41) is 18.4. The second-order valence-corrected chi connectivity index (χ2v) is 6.06. The van der Waals surface area contributed by atoms with Gasteiger partial charge in [-0.3, -0.25) is 0 Å². The maximum atomic E-state index is 9.81. The predicted molar refractivity (Wildman–Crippen MR) is 118 cm³/mol. The first-order valence-electron chi connectivity index (χ1n) is 9.11. The van der Waals surface area contributed by atoms with Gasteiger partial charge in [0.05, 0.1) is 28.4 Å². The van der Waals surface area contributed by atoms with Gasteiger partial charge in [-0.15, -0.1) is 0 Å². The van der Waals surface area contributed by atoms with E-state index in [1.807, 2.05) is 36.4 Å². The number of hydrogen-bond donors (Lipinski definition) is 2. The highest BCUT2D eigenvalue weighted by molar-refractivity contribution is 5.73. The fraction of sp³-hybridized carbons (Fsp3) is 0.167. The molecule has 0 aromatic heterocycles. The van der Waals surface area contributed by atoms with Crippen molar-refractivity contribution in [2.45, 2.75) is 0 Å². The van der Waals surface area contributed by atoms with Crippen molar-refractivity contribution in [3.05, 3.63) is 71.8 Å². The molecule has 0 spiro atoms. The van der Waals surface area contributed by atoms with Crippen LogP contribution in [-0.4, -0.2) is 38.7 Å². The highest BCUT2D eigenvalue weighted by Crippen LogP contribution is 2.38. The van der Waals surface area contributed by atoms with Crippen LogP contribution in [0.25, 0.3) is 12.2 Å². The van der Waals surface area contributed by atoms with E-state index in [-0.39, 0.29) is 5.75 Å². The Kier molecular flexibility index (Phi) is 8.44. The van der Waals surface area contributed by atoms with Crippen LogP contribution < -0.4 is 18.9 Å². The summed E-state index contributed by atoms with van der Waals surface area (Å²) in [6.07, 6.45) is 3.77. The minimum atomic E-state index is 0.0968. The van der Waals surface area contributed by atoms with Crippen LogP contribution >= 0.6 is 0 Å². The van der Waals surface area contributed by atoms with Gasteiger partial charge in [-0.25, -0.2) is 0 Å². The van der Waals surface area contributed by atoms with Crippen LogP contribution in [0.1, 0.15) is 11.1 Å². The number of para-hydroxylation sites is 1. The average Bonchev–Trinajstić information content (AvgIpc) is 2.77. The second kappa shape index (κ2) is 11.3. The lowest BCUT2D eigenvalue weighted by Gasteiger charge is -2.12. The van der Waals surface area contributed by atoms with Crippen LogP contribution in [0.2, 0.25) is 0 Å². The van der Waals surface area contributed by atoms with Gasteiger partial charge >= 0.3 is 0 Å². The Labute approximate surface area is 176 Å². The van der Waals surface area contributed by atoms with Gasteiger partial charge in [-0.05, 0) is 47.5 Å². The lowest BCUT2D eigenvalue weighted by Crippen LogP contribution is -1.95. The van der Waals surface area contributed by atoms with E-state index in [9.17, 15) is 5.11 Å². The van der Waals surface area contributed by atoms with Crippen molar-refractivity contribution in [3.8, 4) is 34.5 Å². The molecule has 0 aliphatic heterocycles. The van der Waals surface area contributed by atoms with Gasteiger partial charge in [0.25, 0.3) is 0 Å². The number of aromatic hydroxyl groups is 2.